The summed E-state index contributed by atoms with van der Waals surface area (Å²) in [5.74, 6) is 0. The van der Waals surface area contributed by atoms with Crippen LogP contribution in [0.5, 0.6) is 0 Å². The molecule has 56 heavy (non-hydrogen) atoms. The van der Waals surface area contributed by atoms with Crippen molar-refractivity contribution in [2.75, 3.05) is 4.90 Å². The number of anilines is 3. The number of fused-ring (bicyclic) bond motifs is 3. The Bertz CT molecular complexity index is 2910. The number of aromatic nitrogens is 1. The highest BCUT2D eigenvalue weighted by Crippen LogP contribution is 2.45. The van der Waals surface area contributed by atoms with Crippen molar-refractivity contribution in [3.63, 3.8) is 0 Å². The van der Waals surface area contributed by atoms with Crippen molar-refractivity contribution in [1.82, 2.24) is 4.57 Å². The van der Waals surface area contributed by atoms with E-state index in [1.54, 1.807) is 0 Å². The lowest BCUT2D eigenvalue weighted by Crippen LogP contribution is -2.11. The van der Waals surface area contributed by atoms with E-state index < -0.39 is 0 Å². The SMILES string of the molecule is c1ccc(-c2ccc(-c3cccc4c3c3ccc(N(c5ccc(-c6ccccc6)cc5)c5ccccc5-c5ccccc5)cc3n4-c3ccccc3)cc2)cc1. The zero-order valence-electron chi connectivity index (χ0n) is 30.8. The van der Waals surface area contributed by atoms with E-state index >= 15 is 0 Å². The van der Waals surface area contributed by atoms with E-state index in [0.717, 1.165) is 28.3 Å². The highest BCUT2D eigenvalue weighted by atomic mass is 15.1. The highest BCUT2D eigenvalue weighted by Gasteiger charge is 2.21. The highest BCUT2D eigenvalue weighted by molar-refractivity contribution is 6.16. The van der Waals surface area contributed by atoms with Gasteiger partial charge in [-0.1, -0.05) is 182 Å². The summed E-state index contributed by atoms with van der Waals surface area (Å²) in [6.45, 7) is 0. The minimum absolute atomic E-state index is 1.09. The van der Waals surface area contributed by atoms with Crippen molar-refractivity contribution in [2.45, 2.75) is 0 Å². The molecule has 0 amide bonds. The fourth-order valence-corrected chi connectivity index (χ4v) is 8.15. The summed E-state index contributed by atoms with van der Waals surface area (Å²) < 4.78 is 2.43. The second-order valence-electron chi connectivity index (χ2n) is 14.1. The first-order valence-electron chi connectivity index (χ1n) is 19.2. The fraction of sp³-hybridized carbons (Fsp3) is 0. The van der Waals surface area contributed by atoms with Crippen LogP contribution in [0.3, 0.4) is 0 Å². The molecule has 0 N–H and O–H groups in total. The van der Waals surface area contributed by atoms with E-state index in [4.69, 9.17) is 0 Å². The maximum atomic E-state index is 2.43. The number of nitrogens with zero attached hydrogens (tertiary/aromatic N) is 2. The first-order valence-corrected chi connectivity index (χ1v) is 19.2. The van der Waals surface area contributed by atoms with Crippen molar-refractivity contribution in [2.24, 2.45) is 0 Å². The molecule has 264 valence electrons. The minimum atomic E-state index is 1.09. The fourth-order valence-electron chi connectivity index (χ4n) is 8.15. The number of benzene rings is 9. The van der Waals surface area contributed by atoms with Gasteiger partial charge in [-0.15, -0.1) is 0 Å². The van der Waals surface area contributed by atoms with Gasteiger partial charge in [0.15, 0.2) is 0 Å². The van der Waals surface area contributed by atoms with Crippen molar-refractivity contribution in [3.05, 3.63) is 231 Å². The van der Waals surface area contributed by atoms with Gasteiger partial charge in [-0.2, -0.15) is 0 Å². The van der Waals surface area contributed by atoms with E-state index in [0.29, 0.717) is 0 Å². The first-order chi connectivity index (χ1) is 27.8. The smallest absolute Gasteiger partial charge is 0.0562 e. The van der Waals surface area contributed by atoms with E-state index in [9.17, 15) is 0 Å². The topological polar surface area (TPSA) is 8.17 Å². The molecule has 0 radical (unpaired) electrons. The van der Waals surface area contributed by atoms with Crippen LogP contribution in [0.4, 0.5) is 17.1 Å². The van der Waals surface area contributed by atoms with Gasteiger partial charge < -0.3 is 9.47 Å². The largest absolute Gasteiger partial charge is 0.310 e. The van der Waals surface area contributed by atoms with E-state index in [2.05, 4.69) is 240 Å². The standard InChI is InChI=1S/C54H38N2/c1-5-16-39(17-6-1)41-28-30-44(31-29-41)49-25-15-27-52-54(49)50-37-36-47(38-53(50)56(52)45-22-11-4-12-23-45)55(46-34-32-42(33-35-46)40-18-7-2-8-19-40)51-26-14-13-24-48(51)43-20-9-3-10-21-43/h1-38H. The zero-order valence-corrected chi connectivity index (χ0v) is 30.8. The van der Waals surface area contributed by atoms with Gasteiger partial charge in [0.25, 0.3) is 0 Å². The lowest BCUT2D eigenvalue weighted by Gasteiger charge is -2.28. The van der Waals surface area contributed by atoms with E-state index in [1.165, 1.54) is 60.8 Å². The minimum Gasteiger partial charge on any atom is -0.310 e. The second-order valence-corrected chi connectivity index (χ2v) is 14.1. The molecule has 0 fully saturated rings. The molecular formula is C54H38N2. The normalized spacial score (nSPS) is 11.2. The lowest BCUT2D eigenvalue weighted by molar-refractivity contribution is 1.18. The monoisotopic (exact) mass is 714 g/mol. The van der Waals surface area contributed by atoms with Crippen molar-refractivity contribution in [3.8, 4) is 50.2 Å². The Morgan fingerprint density at radius 3 is 1.41 bits per heavy atom. The molecule has 2 nitrogen and oxygen atoms in total. The van der Waals surface area contributed by atoms with Crippen molar-refractivity contribution >= 4 is 38.9 Å². The lowest BCUT2D eigenvalue weighted by atomic mass is 9.96. The molecule has 0 aliphatic rings. The Morgan fingerprint density at radius 1 is 0.304 bits per heavy atom. The van der Waals surface area contributed by atoms with Crippen LogP contribution in [-0.2, 0) is 0 Å². The molecule has 0 spiro atoms. The van der Waals surface area contributed by atoms with Gasteiger partial charge in [0.1, 0.15) is 0 Å². The van der Waals surface area contributed by atoms with Crippen LogP contribution in [0, 0.1) is 0 Å². The third-order valence-electron chi connectivity index (χ3n) is 10.8. The van der Waals surface area contributed by atoms with Gasteiger partial charge in [-0.25, -0.2) is 0 Å². The van der Waals surface area contributed by atoms with Crippen LogP contribution in [0.2, 0.25) is 0 Å². The van der Waals surface area contributed by atoms with Crippen LogP contribution in [0.25, 0.3) is 72.0 Å². The van der Waals surface area contributed by atoms with Gasteiger partial charge in [0, 0.05) is 33.4 Å². The molecule has 0 aliphatic carbocycles. The summed E-state index contributed by atoms with van der Waals surface area (Å²) in [6, 6.07) is 83.0. The van der Waals surface area contributed by atoms with Gasteiger partial charge in [0.2, 0.25) is 0 Å². The Hall–Kier alpha value is -7.42. The summed E-state index contributed by atoms with van der Waals surface area (Å²) in [4.78, 5) is 2.41. The van der Waals surface area contributed by atoms with Gasteiger partial charge in [-0.05, 0) is 87.5 Å². The quantitative estimate of drug-likeness (QED) is 0.152. The number of para-hydroxylation sites is 2. The molecule has 0 bridgehead atoms. The molecule has 10 aromatic rings. The molecule has 0 atom stereocenters. The van der Waals surface area contributed by atoms with Crippen molar-refractivity contribution in [1.29, 1.82) is 0 Å². The molecular weight excluding hydrogens is 677 g/mol. The average Bonchev–Trinajstić information content (AvgIpc) is 3.62. The summed E-state index contributed by atoms with van der Waals surface area (Å²) in [7, 11) is 0. The molecule has 2 heteroatoms. The molecule has 0 saturated heterocycles. The summed E-state index contributed by atoms with van der Waals surface area (Å²) >= 11 is 0. The molecule has 0 aliphatic heterocycles. The third-order valence-corrected chi connectivity index (χ3v) is 10.8. The number of hydrogen-bond acceptors (Lipinski definition) is 1. The van der Waals surface area contributed by atoms with Crippen LogP contribution in [0.1, 0.15) is 0 Å². The predicted octanol–water partition coefficient (Wildman–Crippen LogP) is 14.9. The summed E-state index contributed by atoms with van der Waals surface area (Å²) in [5.41, 5.74) is 16.3. The Labute approximate surface area is 327 Å². The third kappa shape index (κ3) is 6.04. The molecule has 0 unspecified atom stereocenters. The van der Waals surface area contributed by atoms with Crippen molar-refractivity contribution < 1.29 is 0 Å². The second kappa shape index (κ2) is 14.4. The Morgan fingerprint density at radius 2 is 0.768 bits per heavy atom. The predicted molar refractivity (Wildman–Crippen MR) is 237 cm³/mol. The van der Waals surface area contributed by atoms with Crippen LogP contribution >= 0.6 is 0 Å². The van der Waals surface area contributed by atoms with Gasteiger partial charge >= 0.3 is 0 Å². The van der Waals surface area contributed by atoms with Crippen LogP contribution in [-0.4, -0.2) is 4.57 Å². The van der Waals surface area contributed by atoms with E-state index in [-0.39, 0.29) is 0 Å². The number of hydrogen-bond donors (Lipinski definition) is 0. The first kappa shape index (κ1) is 33.2. The van der Waals surface area contributed by atoms with E-state index in [1.807, 2.05) is 0 Å². The molecule has 10 rings (SSSR count). The average molecular weight is 715 g/mol. The Balaban J connectivity index is 1.19. The molecule has 1 heterocycles. The maximum Gasteiger partial charge on any atom is 0.0562 e. The molecule has 0 saturated carbocycles. The Kier molecular flexibility index (Phi) is 8.55. The van der Waals surface area contributed by atoms with Gasteiger partial charge in [-0.3, -0.25) is 0 Å². The van der Waals surface area contributed by atoms with Crippen LogP contribution in [0.15, 0.2) is 231 Å². The maximum absolute atomic E-state index is 2.43. The van der Waals surface area contributed by atoms with Gasteiger partial charge in [0.05, 0.1) is 16.7 Å². The zero-order chi connectivity index (χ0) is 37.3. The number of rotatable bonds is 8. The van der Waals surface area contributed by atoms with Crippen LogP contribution < -0.4 is 4.90 Å². The molecule has 9 aromatic carbocycles. The summed E-state index contributed by atoms with van der Waals surface area (Å²) in [5, 5.41) is 2.46. The molecule has 1 aromatic heterocycles. The summed E-state index contributed by atoms with van der Waals surface area (Å²) in [6.07, 6.45) is 0.